The van der Waals surface area contributed by atoms with Gasteiger partial charge in [0.15, 0.2) is 0 Å². The Bertz CT molecular complexity index is 787. The summed E-state index contributed by atoms with van der Waals surface area (Å²) in [7, 11) is 0. The maximum Gasteiger partial charge on any atom is 0.335 e. The minimum atomic E-state index is -0.955. The third kappa shape index (κ3) is 6.89. The van der Waals surface area contributed by atoms with Gasteiger partial charge in [0.05, 0.1) is 5.56 Å². The second kappa shape index (κ2) is 10.6. The molecule has 0 unspecified atom stereocenters. The highest BCUT2D eigenvalue weighted by Crippen LogP contribution is 2.08. The van der Waals surface area contributed by atoms with Gasteiger partial charge in [-0.3, -0.25) is 9.80 Å². The highest BCUT2D eigenvalue weighted by Gasteiger charge is 2.16. The van der Waals surface area contributed by atoms with Crippen molar-refractivity contribution in [2.75, 3.05) is 39.3 Å². The lowest BCUT2D eigenvalue weighted by Gasteiger charge is -2.34. The van der Waals surface area contributed by atoms with Gasteiger partial charge >= 0.3 is 12.0 Å². The molecule has 0 spiro atoms. The summed E-state index contributed by atoms with van der Waals surface area (Å²) in [5, 5.41) is 14.6. The zero-order valence-electron chi connectivity index (χ0n) is 16.5. The van der Waals surface area contributed by atoms with Gasteiger partial charge in [-0.2, -0.15) is 0 Å². The average Bonchev–Trinajstić information content (AvgIpc) is 2.74. The molecule has 2 aromatic carbocycles. The number of hydrogen-bond donors (Lipinski definition) is 3. The van der Waals surface area contributed by atoms with E-state index in [9.17, 15) is 9.59 Å². The van der Waals surface area contributed by atoms with Gasteiger partial charge in [-0.25, -0.2) is 9.59 Å². The Kier molecular flexibility index (Phi) is 7.61. The minimum absolute atomic E-state index is 0.213. The van der Waals surface area contributed by atoms with Crippen LogP contribution in [0.5, 0.6) is 0 Å². The van der Waals surface area contributed by atoms with Gasteiger partial charge in [-0.05, 0) is 23.3 Å². The van der Waals surface area contributed by atoms with Crippen LogP contribution in [0.4, 0.5) is 4.79 Å². The van der Waals surface area contributed by atoms with E-state index in [0.717, 1.165) is 44.8 Å². The fourth-order valence-electron chi connectivity index (χ4n) is 3.35. The first kappa shape index (κ1) is 20.8. The third-order valence-corrected chi connectivity index (χ3v) is 5.08. The molecule has 2 aromatic rings. The van der Waals surface area contributed by atoms with Crippen molar-refractivity contribution in [2.45, 2.75) is 13.1 Å². The molecule has 1 aliphatic heterocycles. The van der Waals surface area contributed by atoms with Crippen molar-refractivity contribution in [3.05, 3.63) is 71.3 Å². The maximum absolute atomic E-state index is 11.9. The molecule has 1 saturated heterocycles. The Balaban J connectivity index is 1.28. The van der Waals surface area contributed by atoms with Gasteiger partial charge in [0.2, 0.25) is 0 Å². The number of aromatic carboxylic acids is 1. The summed E-state index contributed by atoms with van der Waals surface area (Å²) in [5.41, 5.74) is 2.44. The Hall–Kier alpha value is -2.90. The van der Waals surface area contributed by atoms with Crippen LogP contribution < -0.4 is 10.6 Å². The predicted octanol–water partition coefficient (Wildman–Crippen LogP) is 2.00. The molecule has 0 atom stereocenters. The van der Waals surface area contributed by atoms with Gasteiger partial charge in [0.1, 0.15) is 0 Å². The van der Waals surface area contributed by atoms with Crippen molar-refractivity contribution in [3.8, 4) is 0 Å². The van der Waals surface area contributed by atoms with Gasteiger partial charge < -0.3 is 15.7 Å². The number of piperazine rings is 1. The topological polar surface area (TPSA) is 84.9 Å². The SMILES string of the molecule is O=C(NCCN1CCN(Cc2ccccc2)CC1)NCc1ccc(C(=O)O)cc1. The number of benzene rings is 2. The summed E-state index contributed by atoms with van der Waals surface area (Å²) >= 11 is 0. The van der Waals surface area contributed by atoms with Crippen LogP contribution in [0.1, 0.15) is 21.5 Å². The van der Waals surface area contributed by atoms with Crippen molar-refractivity contribution in [1.82, 2.24) is 20.4 Å². The fraction of sp³-hybridized carbons (Fsp3) is 0.364. The summed E-state index contributed by atoms with van der Waals surface area (Å²) in [5.74, 6) is -0.955. The Labute approximate surface area is 171 Å². The van der Waals surface area contributed by atoms with Gasteiger partial charge in [-0.15, -0.1) is 0 Å². The van der Waals surface area contributed by atoms with Crippen LogP contribution in [-0.4, -0.2) is 66.2 Å². The van der Waals surface area contributed by atoms with Crippen molar-refractivity contribution in [3.63, 3.8) is 0 Å². The molecular formula is C22H28N4O3. The van der Waals surface area contributed by atoms with Crippen LogP contribution in [0.3, 0.4) is 0 Å². The summed E-state index contributed by atoms with van der Waals surface area (Å²) in [6.45, 7) is 6.87. The molecule has 3 rings (SSSR count). The second-order valence-electron chi connectivity index (χ2n) is 7.21. The predicted molar refractivity (Wildman–Crippen MR) is 112 cm³/mol. The van der Waals surface area contributed by atoms with Crippen molar-refractivity contribution < 1.29 is 14.7 Å². The minimum Gasteiger partial charge on any atom is -0.478 e. The number of carbonyl (C=O) groups is 2. The number of hydrogen-bond acceptors (Lipinski definition) is 4. The Morgan fingerprint density at radius 1 is 0.828 bits per heavy atom. The van der Waals surface area contributed by atoms with E-state index in [-0.39, 0.29) is 11.6 Å². The lowest BCUT2D eigenvalue weighted by Crippen LogP contribution is -2.48. The first-order valence-corrected chi connectivity index (χ1v) is 9.93. The maximum atomic E-state index is 11.9. The number of urea groups is 1. The second-order valence-corrected chi connectivity index (χ2v) is 7.21. The first-order valence-electron chi connectivity index (χ1n) is 9.93. The van der Waals surface area contributed by atoms with Crippen LogP contribution in [0.2, 0.25) is 0 Å². The summed E-state index contributed by atoms with van der Waals surface area (Å²) in [6, 6.07) is 16.8. The molecule has 0 bridgehead atoms. The highest BCUT2D eigenvalue weighted by molar-refractivity contribution is 5.87. The summed E-state index contributed by atoms with van der Waals surface area (Å²) in [6.07, 6.45) is 0. The van der Waals surface area contributed by atoms with E-state index in [0.29, 0.717) is 13.1 Å². The monoisotopic (exact) mass is 396 g/mol. The van der Waals surface area contributed by atoms with Gasteiger partial charge in [-0.1, -0.05) is 42.5 Å². The van der Waals surface area contributed by atoms with Gasteiger partial charge in [0, 0.05) is 52.4 Å². The Morgan fingerprint density at radius 3 is 2.14 bits per heavy atom. The number of amides is 2. The molecule has 1 aliphatic rings. The molecule has 1 fully saturated rings. The van der Waals surface area contributed by atoms with E-state index in [4.69, 9.17) is 5.11 Å². The number of nitrogens with one attached hydrogen (secondary N) is 2. The molecule has 154 valence electrons. The molecule has 3 N–H and O–H groups in total. The van der Waals surface area contributed by atoms with E-state index < -0.39 is 5.97 Å². The zero-order valence-corrected chi connectivity index (χ0v) is 16.5. The van der Waals surface area contributed by atoms with E-state index in [1.54, 1.807) is 12.1 Å². The molecular weight excluding hydrogens is 368 g/mol. The molecule has 7 heteroatoms. The largest absolute Gasteiger partial charge is 0.478 e. The number of nitrogens with zero attached hydrogens (tertiary/aromatic N) is 2. The molecule has 29 heavy (non-hydrogen) atoms. The van der Waals surface area contributed by atoms with Crippen LogP contribution in [0.25, 0.3) is 0 Å². The van der Waals surface area contributed by atoms with E-state index >= 15 is 0 Å². The number of carbonyl (C=O) groups excluding carboxylic acids is 1. The molecule has 0 radical (unpaired) electrons. The first-order chi connectivity index (χ1) is 14.1. The van der Waals surface area contributed by atoms with Crippen molar-refractivity contribution in [2.24, 2.45) is 0 Å². The summed E-state index contributed by atoms with van der Waals surface area (Å²) in [4.78, 5) is 27.6. The number of carboxylic acid groups (broad SMARTS) is 1. The van der Waals surface area contributed by atoms with E-state index in [1.807, 2.05) is 6.07 Å². The normalized spacial score (nSPS) is 15.0. The standard InChI is InChI=1S/C22H28N4O3/c27-21(28)20-8-6-18(7-9-20)16-24-22(29)23-10-11-25-12-14-26(15-13-25)17-19-4-2-1-3-5-19/h1-9H,10-17H2,(H,27,28)(H2,23,24,29). The smallest absolute Gasteiger partial charge is 0.335 e. The van der Waals surface area contributed by atoms with Crippen LogP contribution in [0.15, 0.2) is 54.6 Å². The lowest BCUT2D eigenvalue weighted by molar-refractivity contribution is 0.0697. The third-order valence-electron chi connectivity index (χ3n) is 5.08. The lowest BCUT2D eigenvalue weighted by atomic mass is 10.1. The fourth-order valence-corrected chi connectivity index (χ4v) is 3.35. The Morgan fingerprint density at radius 2 is 1.48 bits per heavy atom. The molecule has 7 nitrogen and oxygen atoms in total. The van der Waals surface area contributed by atoms with Crippen molar-refractivity contribution in [1.29, 1.82) is 0 Å². The molecule has 0 saturated carbocycles. The van der Waals surface area contributed by atoms with Crippen LogP contribution in [0, 0.1) is 0 Å². The van der Waals surface area contributed by atoms with E-state index in [1.165, 1.54) is 17.7 Å². The molecule has 1 heterocycles. The van der Waals surface area contributed by atoms with Crippen LogP contribution >= 0.6 is 0 Å². The molecule has 2 amide bonds. The van der Waals surface area contributed by atoms with Crippen LogP contribution in [-0.2, 0) is 13.1 Å². The number of carboxylic acids is 1. The average molecular weight is 396 g/mol. The molecule has 0 aromatic heterocycles. The zero-order chi connectivity index (χ0) is 20.5. The number of rotatable bonds is 8. The summed E-state index contributed by atoms with van der Waals surface area (Å²) < 4.78 is 0. The quantitative estimate of drug-likeness (QED) is 0.636. The van der Waals surface area contributed by atoms with Crippen molar-refractivity contribution >= 4 is 12.0 Å². The molecule has 0 aliphatic carbocycles. The van der Waals surface area contributed by atoms with E-state index in [2.05, 4.69) is 44.7 Å². The van der Waals surface area contributed by atoms with Gasteiger partial charge in [0.25, 0.3) is 0 Å². The highest BCUT2D eigenvalue weighted by atomic mass is 16.4.